The zero-order chi connectivity index (χ0) is 13.9. The van der Waals surface area contributed by atoms with Gasteiger partial charge in [0.15, 0.2) is 0 Å². The molecule has 1 aromatic carbocycles. The second-order valence-corrected chi connectivity index (χ2v) is 5.07. The Balaban J connectivity index is 1.70. The quantitative estimate of drug-likeness (QED) is 0.796. The number of aromatic nitrogens is 2. The Kier molecular flexibility index (Phi) is 3.56. The van der Waals surface area contributed by atoms with Crippen LogP contribution in [-0.4, -0.2) is 27.1 Å². The Morgan fingerprint density at radius 2 is 2.10 bits per heavy atom. The lowest BCUT2D eigenvalue weighted by atomic mass is 10.2. The van der Waals surface area contributed by atoms with E-state index in [1.165, 1.54) is 0 Å². The molecule has 0 saturated carbocycles. The van der Waals surface area contributed by atoms with E-state index in [2.05, 4.69) is 5.10 Å². The number of benzene rings is 1. The molecular formula is C15H14ClN3O. The maximum Gasteiger partial charge on any atom is 0.246 e. The molecule has 0 saturated heterocycles. The molecule has 1 aliphatic rings. The minimum absolute atomic E-state index is 0.00244. The summed E-state index contributed by atoms with van der Waals surface area (Å²) in [5.74, 6) is -0.00244. The average molecular weight is 288 g/mol. The van der Waals surface area contributed by atoms with Crippen molar-refractivity contribution in [1.29, 1.82) is 0 Å². The first-order valence-corrected chi connectivity index (χ1v) is 6.84. The Labute approximate surface area is 122 Å². The fourth-order valence-electron chi connectivity index (χ4n) is 2.25. The van der Waals surface area contributed by atoms with Gasteiger partial charge in [0.1, 0.15) is 0 Å². The van der Waals surface area contributed by atoms with Gasteiger partial charge in [-0.25, -0.2) is 0 Å². The summed E-state index contributed by atoms with van der Waals surface area (Å²) in [7, 11) is 0. The third-order valence-electron chi connectivity index (χ3n) is 3.36. The molecule has 1 aliphatic heterocycles. The minimum atomic E-state index is -0.00244. The summed E-state index contributed by atoms with van der Waals surface area (Å²) in [5, 5.41) is 4.85. The molecule has 0 N–H and O–H groups in total. The van der Waals surface area contributed by atoms with Gasteiger partial charge in [-0.1, -0.05) is 29.8 Å². The second kappa shape index (κ2) is 5.51. The van der Waals surface area contributed by atoms with Crippen LogP contribution in [0.25, 0.3) is 6.08 Å². The van der Waals surface area contributed by atoms with Crippen molar-refractivity contribution in [3.63, 3.8) is 0 Å². The lowest BCUT2D eigenvalue weighted by Gasteiger charge is -2.26. The number of carbonyl (C=O) groups excluding carboxylic acids is 1. The molecule has 1 aromatic heterocycles. The van der Waals surface area contributed by atoms with E-state index >= 15 is 0 Å². The highest BCUT2D eigenvalue weighted by Crippen LogP contribution is 2.17. The molecule has 20 heavy (non-hydrogen) atoms. The van der Waals surface area contributed by atoms with E-state index in [9.17, 15) is 4.79 Å². The predicted molar refractivity (Wildman–Crippen MR) is 78.1 cm³/mol. The molecule has 4 nitrogen and oxygen atoms in total. The zero-order valence-electron chi connectivity index (χ0n) is 10.9. The molecule has 3 rings (SSSR count). The monoisotopic (exact) mass is 287 g/mol. The number of amides is 1. The van der Waals surface area contributed by atoms with Gasteiger partial charge in [-0.05, 0) is 23.8 Å². The topological polar surface area (TPSA) is 38.1 Å². The van der Waals surface area contributed by atoms with Gasteiger partial charge in [-0.3, -0.25) is 9.48 Å². The van der Waals surface area contributed by atoms with Crippen LogP contribution in [0.1, 0.15) is 11.3 Å². The Morgan fingerprint density at radius 1 is 1.25 bits per heavy atom. The SMILES string of the molecule is O=C(/C=C/c1ccccc1Cl)N1CCn2nccc2C1. The van der Waals surface area contributed by atoms with Crippen molar-refractivity contribution in [1.82, 2.24) is 14.7 Å². The summed E-state index contributed by atoms with van der Waals surface area (Å²) in [5.41, 5.74) is 1.92. The van der Waals surface area contributed by atoms with Crippen LogP contribution in [-0.2, 0) is 17.9 Å². The van der Waals surface area contributed by atoms with Crippen LogP contribution in [0, 0.1) is 0 Å². The van der Waals surface area contributed by atoms with Gasteiger partial charge in [0.05, 0.1) is 18.8 Å². The molecule has 2 aromatic rings. The van der Waals surface area contributed by atoms with Crippen molar-refractivity contribution in [2.75, 3.05) is 6.54 Å². The number of hydrogen-bond acceptors (Lipinski definition) is 2. The van der Waals surface area contributed by atoms with Crippen LogP contribution < -0.4 is 0 Å². The number of nitrogens with zero attached hydrogens (tertiary/aromatic N) is 3. The Bertz CT molecular complexity index is 663. The molecule has 0 bridgehead atoms. The van der Waals surface area contributed by atoms with Gasteiger partial charge >= 0.3 is 0 Å². The summed E-state index contributed by atoms with van der Waals surface area (Å²) in [6, 6.07) is 9.41. The van der Waals surface area contributed by atoms with Crippen molar-refractivity contribution in [2.45, 2.75) is 13.1 Å². The third-order valence-corrected chi connectivity index (χ3v) is 3.71. The smallest absolute Gasteiger partial charge is 0.246 e. The summed E-state index contributed by atoms with van der Waals surface area (Å²) >= 11 is 6.06. The van der Waals surface area contributed by atoms with Crippen LogP contribution in [0.4, 0.5) is 0 Å². The predicted octanol–water partition coefficient (Wildman–Crippen LogP) is 2.59. The second-order valence-electron chi connectivity index (χ2n) is 4.66. The average Bonchev–Trinajstić information content (AvgIpc) is 2.93. The lowest BCUT2D eigenvalue weighted by molar-refractivity contribution is -0.127. The number of fused-ring (bicyclic) bond motifs is 1. The molecule has 2 heterocycles. The summed E-state index contributed by atoms with van der Waals surface area (Å²) in [4.78, 5) is 14.0. The first-order valence-electron chi connectivity index (χ1n) is 6.46. The number of carbonyl (C=O) groups is 1. The lowest BCUT2D eigenvalue weighted by Crippen LogP contribution is -2.37. The van der Waals surface area contributed by atoms with Crippen molar-refractivity contribution in [2.24, 2.45) is 0 Å². The molecule has 0 atom stereocenters. The van der Waals surface area contributed by atoms with Crippen LogP contribution in [0.2, 0.25) is 5.02 Å². The molecule has 0 radical (unpaired) electrons. The van der Waals surface area contributed by atoms with Crippen LogP contribution in [0.5, 0.6) is 0 Å². The summed E-state index contributed by atoms with van der Waals surface area (Å²) in [6.07, 6.45) is 5.10. The minimum Gasteiger partial charge on any atom is -0.331 e. The molecule has 0 spiro atoms. The number of rotatable bonds is 2. The van der Waals surface area contributed by atoms with Crippen molar-refractivity contribution in [3.8, 4) is 0 Å². The van der Waals surface area contributed by atoms with E-state index in [0.29, 0.717) is 18.1 Å². The van der Waals surface area contributed by atoms with Gasteiger partial charge in [-0.2, -0.15) is 5.10 Å². The van der Waals surface area contributed by atoms with Crippen LogP contribution in [0.15, 0.2) is 42.6 Å². The fourth-order valence-corrected chi connectivity index (χ4v) is 2.45. The summed E-state index contributed by atoms with van der Waals surface area (Å²) in [6.45, 7) is 2.03. The highest BCUT2D eigenvalue weighted by Gasteiger charge is 2.18. The van der Waals surface area contributed by atoms with Gasteiger partial charge in [0, 0.05) is 23.8 Å². The normalized spacial score (nSPS) is 14.6. The fraction of sp³-hybridized carbons (Fsp3) is 0.200. The van der Waals surface area contributed by atoms with E-state index in [-0.39, 0.29) is 5.91 Å². The van der Waals surface area contributed by atoms with Gasteiger partial charge < -0.3 is 4.90 Å². The molecule has 0 fully saturated rings. The summed E-state index contributed by atoms with van der Waals surface area (Å²) < 4.78 is 1.93. The van der Waals surface area contributed by atoms with Crippen molar-refractivity contribution in [3.05, 3.63) is 58.9 Å². The maximum absolute atomic E-state index is 12.2. The highest BCUT2D eigenvalue weighted by molar-refractivity contribution is 6.32. The van der Waals surface area contributed by atoms with E-state index in [1.54, 1.807) is 18.3 Å². The number of hydrogen-bond donors (Lipinski definition) is 0. The van der Waals surface area contributed by atoms with E-state index < -0.39 is 0 Å². The molecule has 0 unspecified atom stereocenters. The molecule has 0 aliphatic carbocycles. The highest BCUT2D eigenvalue weighted by atomic mass is 35.5. The maximum atomic E-state index is 12.2. The Hall–Kier alpha value is -2.07. The third kappa shape index (κ3) is 2.60. The van der Waals surface area contributed by atoms with E-state index in [4.69, 9.17) is 11.6 Å². The van der Waals surface area contributed by atoms with Crippen LogP contribution in [0.3, 0.4) is 0 Å². The largest absolute Gasteiger partial charge is 0.331 e. The zero-order valence-corrected chi connectivity index (χ0v) is 11.6. The standard InChI is InChI=1S/C15H14ClN3O/c16-14-4-2-1-3-12(14)5-6-15(20)18-9-10-19-13(11-18)7-8-17-19/h1-8H,9-11H2/b6-5+. The molecule has 1 amide bonds. The molecule has 102 valence electrons. The Morgan fingerprint density at radius 3 is 2.95 bits per heavy atom. The van der Waals surface area contributed by atoms with Gasteiger partial charge in [0.2, 0.25) is 5.91 Å². The van der Waals surface area contributed by atoms with Crippen molar-refractivity contribution >= 4 is 23.6 Å². The van der Waals surface area contributed by atoms with Crippen molar-refractivity contribution < 1.29 is 4.79 Å². The van der Waals surface area contributed by atoms with Gasteiger partial charge in [0.25, 0.3) is 0 Å². The van der Waals surface area contributed by atoms with Crippen LogP contribution >= 0.6 is 11.6 Å². The van der Waals surface area contributed by atoms with Gasteiger partial charge in [-0.15, -0.1) is 0 Å². The van der Waals surface area contributed by atoms with E-state index in [0.717, 1.165) is 17.8 Å². The number of halogens is 1. The molecular weight excluding hydrogens is 274 g/mol. The first kappa shape index (κ1) is 12.9. The molecule has 5 heteroatoms. The van der Waals surface area contributed by atoms with E-state index in [1.807, 2.05) is 39.9 Å². The first-order chi connectivity index (χ1) is 9.74.